The third-order valence-electron chi connectivity index (χ3n) is 4.30. The van der Waals surface area contributed by atoms with Gasteiger partial charge in [0.15, 0.2) is 5.69 Å². The van der Waals surface area contributed by atoms with E-state index in [9.17, 15) is 14.9 Å². The maximum atomic E-state index is 12.4. The molecule has 1 N–H and O–H groups in total. The molecule has 0 unspecified atom stereocenters. The van der Waals surface area contributed by atoms with E-state index in [1.54, 1.807) is 13.1 Å². The third-order valence-corrected chi connectivity index (χ3v) is 4.30. The second-order valence-corrected chi connectivity index (χ2v) is 6.09. The normalized spacial score (nSPS) is 19.0. The van der Waals surface area contributed by atoms with Crippen LogP contribution in [-0.4, -0.2) is 28.7 Å². The minimum atomic E-state index is -0.697. The molecule has 2 heterocycles. The number of nitrogens with one attached hydrogen (secondary N) is 1. The largest absolute Gasteiger partial charge is 0.464 e. The molecule has 136 valence electrons. The summed E-state index contributed by atoms with van der Waals surface area (Å²) in [5.41, 5.74) is 2.34. The van der Waals surface area contributed by atoms with Gasteiger partial charge in [-0.2, -0.15) is 0 Å². The fourth-order valence-electron chi connectivity index (χ4n) is 3.19. The van der Waals surface area contributed by atoms with Crippen LogP contribution in [0.15, 0.2) is 35.0 Å². The molecule has 0 radical (unpaired) electrons. The number of aryl methyl sites for hydroxylation is 2. The zero-order valence-corrected chi connectivity index (χ0v) is 14.7. The van der Waals surface area contributed by atoms with Gasteiger partial charge in [0.1, 0.15) is 6.04 Å². The Morgan fingerprint density at radius 2 is 2.19 bits per heavy atom. The Morgan fingerprint density at radius 3 is 2.85 bits per heavy atom. The van der Waals surface area contributed by atoms with E-state index < -0.39 is 22.9 Å². The van der Waals surface area contributed by atoms with Gasteiger partial charge in [-0.25, -0.2) is 4.79 Å². The number of esters is 1. The second-order valence-electron chi connectivity index (χ2n) is 6.09. The van der Waals surface area contributed by atoms with Gasteiger partial charge in [0.2, 0.25) is 5.76 Å². The summed E-state index contributed by atoms with van der Waals surface area (Å²) in [6, 6.07) is 6.93. The topological polar surface area (TPSA) is 108 Å². The van der Waals surface area contributed by atoms with Crippen LogP contribution in [0.1, 0.15) is 35.4 Å². The molecule has 1 aromatic heterocycles. The van der Waals surface area contributed by atoms with Crippen molar-refractivity contribution >= 4 is 17.2 Å². The van der Waals surface area contributed by atoms with Crippen LogP contribution in [0.25, 0.3) is 5.57 Å². The van der Waals surface area contributed by atoms with Gasteiger partial charge >= 0.3 is 11.7 Å². The van der Waals surface area contributed by atoms with Crippen LogP contribution in [0, 0.1) is 24.0 Å². The lowest BCUT2D eigenvalue weighted by atomic mass is 9.85. The number of aromatic nitrogens is 1. The fourth-order valence-corrected chi connectivity index (χ4v) is 3.19. The molecule has 26 heavy (non-hydrogen) atoms. The molecule has 1 aliphatic heterocycles. The van der Waals surface area contributed by atoms with Crippen LogP contribution in [0.2, 0.25) is 0 Å². The summed E-state index contributed by atoms with van der Waals surface area (Å²) >= 11 is 0. The predicted octanol–water partition coefficient (Wildman–Crippen LogP) is 2.86. The lowest BCUT2D eigenvalue weighted by Crippen LogP contribution is -2.36. The van der Waals surface area contributed by atoms with Crippen LogP contribution in [-0.2, 0) is 9.53 Å². The van der Waals surface area contributed by atoms with Crippen molar-refractivity contribution in [2.75, 3.05) is 6.61 Å². The van der Waals surface area contributed by atoms with Crippen molar-refractivity contribution < 1.29 is 19.0 Å². The average molecular weight is 357 g/mol. The van der Waals surface area contributed by atoms with E-state index in [1.807, 2.05) is 31.2 Å². The van der Waals surface area contributed by atoms with Crippen molar-refractivity contribution in [2.45, 2.75) is 32.7 Å². The molecular weight excluding hydrogens is 338 g/mol. The molecule has 0 saturated carbocycles. The molecule has 0 saturated heterocycles. The van der Waals surface area contributed by atoms with Crippen molar-refractivity contribution in [3.63, 3.8) is 0 Å². The molecule has 2 aromatic rings. The maximum Gasteiger partial charge on any atom is 0.339 e. The van der Waals surface area contributed by atoms with Gasteiger partial charge in [-0.15, -0.1) is 0 Å². The summed E-state index contributed by atoms with van der Waals surface area (Å²) < 4.78 is 10.4. The average Bonchev–Trinajstić information content (AvgIpc) is 3.18. The molecule has 0 bridgehead atoms. The molecule has 8 nitrogen and oxygen atoms in total. The Kier molecular flexibility index (Phi) is 4.75. The predicted molar refractivity (Wildman–Crippen MR) is 93.3 cm³/mol. The number of hydrogen-bond donors (Lipinski definition) is 1. The maximum absolute atomic E-state index is 12.4. The van der Waals surface area contributed by atoms with Crippen molar-refractivity contribution in [3.05, 3.63) is 63.2 Å². The second kappa shape index (κ2) is 6.99. The molecule has 0 spiro atoms. The van der Waals surface area contributed by atoms with E-state index in [2.05, 4.69) is 10.5 Å². The summed E-state index contributed by atoms with van der Waals surface area (Å²) in [6.45, 7) is 5.43. The highest BCUT2D eigenvalue weighted by Crippen LogP contribution is 2.43. The third kappa shape index (κ3) is 3.05. The monoisotopic (exact) mass is 357 g/mol. The van der Waals surface area contributed by atoms with E-state index in [4.69, 9.17) is 9.26 Å². The quantitative estimate of drug-likeness (QED) is 0.498. The highest BCUT2D eigenvalue weighted by Gasteiger charge is 2.42. The lowest BCUT2D eigenvalue weighted by Gasteiger charge is -2.21. The zero-order chi connectivity index (χ0) is 18.8. The Balaban J connectivity index is 2.10. The fraction of sp³-hybridized carbons (Fsp3) is 0.333. The number of carbonyl (C=O) groups excluding carboxylic acids is 1. The Morgan fingerprint density at radius 1 is 1.42 bits per heavy atom. The molecular formula is C18H19N3O5. The van der Waals surface area contributed by atoms with Crippen molar-refractivity contribution in [1.29, 1.82) is 0 Å². The van der Waals surface area contributed by atoms with Gasteiger partial charge in [0.25, 0.3) is 0 Å². The van der Waals surface area contributed by atoms with E-state index in [-0.39, 0.29) is 23.7 Å². The number of nitrogens with zero attached hydrogens (tertiary/aromatic N) is 2. The number of ether oxygens (including phenoxy) is 1. The molecule has 1 aromatic carbocycles. The number of carbonyl (C=O) groups is 1. The Hall–Kier alpha value is -3.16. The number of rotatable bonds is 5. The molecule has 1 aliphatic rings. The first kappa shape index (κ1) is 17.7. The van der Waals surface area contributed by atoms with E-state index in [0.717, 1.165) is 11.1 Å². The number of benzene rings is 1. The van der Waals surface area contributed by atoms with E-state index in [1.165, 1.54) is 6.92 Å². The summed E-state index contributed by atoms with van der Waals surface area (Å²) in [4.78, 5) is 23.3. The van der Waals surface area contributed by atoms with Gasteiger partial charge in [-0.05, 0) is 26.3 Å². The molecule has 2 atom stereocenters. The van der Waals surface area contributed by atoms with Crippen molar-refractivity contribution in [2.24, 2.45) is 0 Å². The van der Waals surface area contributed by atoms with Crippen LogP contribution in [0.4, 0.5) is 5.69 Å². The summed E-state index contributed by atoms with van der Waals surface area (Å²) in [7, 11) is 0. The highest BCUT2D eigenvalue weighted by molar-refractivity contribution is 5.87. The van der Waals surface area contributed by atoms with Gasteiger partial charge in [-0.1, -0.05) is 35.0 Å². The summed E-state index contributed by atoms with van der Waals surface area (Å²) in [5.74, 6) is -0.859. The lowest BCUT2D eigenvalue weighted by molar-refractivity contribution is -0.386. The Bertz CT molecular complexity index is 887. The van der Waals surface area contributed by atoms with Crippen molar-refractivity contribution in [1.82, 2.24) is 10.5 Å². The van der Waals surface area contributed by atoms with Crippen LogP contribution in [0.5, 0.6) is 0 Å². The minimum absolute atomic E-state index is 0.0540. The smallest absolute Gasteiger partial charge is 0.339 e. The van der Waals surface area contributed by atoms with Gasteiger partial charge in [0, 0.05) is 17.7 Å². The van der Waals surface area contributed by atoms with Crippen LogP contribution < -0.4 is 5.32 Å². The van der Waals surface area contributed by atoms with E-state index >= 15 is 0 Å². The first-order valence-corrected chi connectivity index (χ1v) is 8.24. The molecule has 0 fully saturated rings. The standard InChI is InChI=1S/C18H19N3O5/c1-4-25-18(22)15-14(12-7-5-6-10(2)8-12)13(9-19-15)17-16(21(23)24)11(3)20-26-17/h5-9,14-15,19H,4H2,1-3H3/t14-,15-/m0/s1. The van der Waals surface area contributed by atoms with E-state index in [0.29, 0.717) is 5.57 Å². The summed E-state index contributed by atoms with van der Waals surface area (Å²) in [5, 5.41) is 18.2. The Labute approximate surface area is 150 Å². The number of hydrogen-bond acceptors (Lipinski definition) is 7. The van der Waals surface area contributed by atoms with Crippen LogP contribution in [0.3, 0.4) is 0 Å². The minimum Gasteiger partial charge on any atom is -0.464 e. The first-order chi connectivity index (χ1) is 12.4. The molecule has 0 amide bonds. The molecule has 3 rings (SSSR count). The SMILES string of the molecule is CCOC(=O)[C@H]1NC=C(c2onc(C)c2[N+](=O)[O-])[C@@H]1c1cccc(C)c1. The molecule has 8 heteroatoms. The summed E-state index contributed by atoms with van der Waals surface area (Å²) in [6.07, 6.45) is 1.57. The first-order valence-electron chi connectivity index (χ1n) is 8.24. The van der Waals surface area contributed by atoms with Crippen LogP contribution >= 0.6 is 0 Å². The highest BCUT2D eigenvalue weighted by atomic mass is 16.6. The molecule has 0 aliphatic carbocycles. The number of nitro groups is 1. The van der Waals surface area contributed by atoms with Gasteiger partial charge in [0.05, 0.1) is 11.5 Å². The van der Waals surface area contributed by atoms with Gasteiger partial charge in [-0.3, -0.25) is 10.1 Å². The van der Waals surface area contributed by atoms with Crippen molar-refractivity contribution in [3.8, 4) is 0 Å². The zero-order valence-electron chi connectivity index (χ0n) is 14.7. The van der Waals surface area contributed by atoms with Gasteiger partial charge < -0.3 is 14.6 Å².